The predicted molar refractivity (Wildman–Crippen MR) is 69.6 cm³/mol. The van der Waals surface area contributed by atoms with Crippen molar-refractivity contribution in [3.8, 4) is 0 Å². The van der Waals surface area contributed by atoms with Crippen molar-refractivity contribution in [3.63, 3.8) is 0 Å². The lowest BCUT2D eigenvalue weighted by Crippen LogP contribution is -2.35. The summed E-state index contributed by atoms with van der Waals surface area (Å²) in [6.45, 7) is 4.31. The Bertz CT molecular complexity index is 421. The molecule has 0 spiro atoms. The Morgan fingerprint density at radius 1 is 1.61 bits per heavy atom. The van der Waals surface area contributed by atoms with Crippen molar-refractivity contribution in [3.05, 3.63) is 17.8 Å². The van der Waals surface area contributed by atoms with E-state index in [1.807, 2.05) is 18.7 Å². The Morgan fingerprint density at radius 2 is 2.28 bits per heavy atom. The van der Waals surface area contributed by atoms with E-state index in [0.717, 1.165) is 0 Å². The normalized spacial score (nSPS) is 10.5. The number of ether oxygens (including phenoxy) is 1. The van der Waals surface area contributed by atoms with Gasteiger partial charge in [0.2, 0.25) is 0 Å². The summed E-state index contributed by atoms with van der Waals surface area (Å²) >= 11 is 0. The zero-order chi connectivity index (χ0) is 13.7. The van der Waals surface area contributed by atoms with Crippen LogP contribution in [-0.4, -0.2) is 42.4 Å². The number of aliphatic hydroxyl groups excluding tert-OH is 1. The number of rotatable bonds is 5. The maximum Gasteiger partial charge on any atom is 0.340 e. The lowest BCUT2D eigenvalue weighted by molar-refractivity contribution is 0.0602. The lowest BCUT2D eigenvalue weighted by Gasteiger charge is -2.28. The molecular weight excluding hydrogens is 234 g/mol. The van der Waals surface area contributed by atoms with Crippen LogP contribution in [0.25, 0.3) is 0 Å². The minimum absolute atomic E-state index is 0.0122. The van der Waals surface area contributed by atoms with Gasteiger partial charge in [-0.25, -0.2) is 9.78 Å². The van der Waals surface area contributed by atoms with Crippen molar-refractivity contribution in [2.24, 2.45) is 0 Å². The van der Waals surface area contributed by atoms with Crippen LogP contribution < -0.4 is 10.6 Å². The summed E-state index contributed by atoms with van der Waals surface area (Å²) in [4.78, 5) is 17.6. The highest BCUT2D eigenvalue weighted by Crippen LogP contribution is 2.25. The van der Waals surface area contributed by atoms with E-state index in [2.05, 4.69) is 9.72 Å². The molecule has 6 heteroatoms. The number of aromatic nitrogens is 1. The quantitative estimate of drug-likeness (QED) is 0.749. The van der Waals surface area contributed by atoms with Gasteiger partial charge in [0.25, 0.3) is 0 Å². The van der Waals surface area contributed by atoms with E-state index in [0.29, 0.717) is 12.4 Å². The summed E-state index contributed by atoms with van der Waals surface area (Å²) < 4.78 is 4.66. The van der Waals surface area contributed by atoms with Gasteiger partial charge in [-0.3, -0.25) is 0 Å². The maximum atomic E-state index is 11.5. The summed E-state index contributed by atoms with van der Waals surface area (Å²) in [5, 5.41) is 9.06. The molecule has 0 fully saturated rings. The van der Waals surface area contributed by atoms with Crippen molar-refractivity contribution >= 4 is 17.5 Å². The van der Waals surface area contributed by atoms with Crippen LogP contribution in [0.2, 0.25) is 0 Å². The molecule has 0 saturated heterocycles. The first-order valence-corrected chi connectivity index (χ1v) is 5.73. The summed E-state index contributed by atoms with van der Waals surface area (Å²) in [5.74, 6) is -0.00851. The molecule has 1 aromatic rings. The van der Waals surface area contributed by atoms with Gasteiger partial charge in [0.15, 0.2) is 5.82 Å². The highest BCUT2D eigenvalue weighted by atomic mass is 16.5. The molecule has 3 N–H and O–H groups in total. The smallest absolute Gasteiger partial charge is 0.340 e. The summed E-state index contributed by atoms with van der Waals surface area (Å²) in [7, 11) is 1.30. The first-order chi connectivity index (χ1) is 8.52. The number of carbonyl (C=O) groups excluding carboxylic acids is 1. The van der Waals surface area contributed by atoms with E-state index in [4.69, 9.17) is 10.8 Å². The average molecular weight is 253 g/mol. The van der Waals surface area contributed by atoms with Crippen LogP contribution in [0.4, 0.5) is 11.5 Å². The Morgan fingerprint density at radius 3 is 2.78 bits per heavy atom. The maximum absolute atomic E-state index is 11.5. The Kier molecular flexibility index (Phi) is 4.91. The van der Waals surface area contributed by atoms with Crippen LogP contribution in [0, 0.1) is 0 Å². The second-order valence-electron chi connectivity index (χ2n) is 4.10. The summed E-state index contributed by atoms with van der Waals surface area (Å²) in [6.07, 6.45) is 1.50. The molecule has 0 saturated carbocycles. The van der Waals surface area contributed by atoms with Crippen LogP contribution in [0.3, 0.4) is 0 Å². The molecule has 0 aliphatic rings. The highest BCUT2D eigenvalue weighted by molar-refractivity contribution is 5.97. The van der Waals surface area contributed by atoms with E-state index in [9.17, 15) is 4.79 Å². The molecule has 100 valence electrons. The minimum Gasteiger partial charge on any atom is -0.465 e. The fraction of sp³-hybridized carbons (Fsp3) is 0.500. The fourth-order valence-corrected chi connectivity index (χ4v) is 1.70. The molecule has 0 atom stereocenters. The molecule has 0 bridgehead atoms. The number of methoxy groups -OCH3 is 1. The molecule has 1 heterocycles. The van der Waals surface area contributed by atoms with Gasteiger partial charge >= 0.3 is 5.97 Å². The van der Waals surface area contributed by atoms with E-state index in [1.165, 1.54) is 19.4 Å². The van der Waals surface area contributed by atoms with Gasteiger partial charge in [-0.05, 0) is 19.9 Å². The third-order valence-electron chi connectivity index (χ3n) is 2.61. The topological polar surface area (TPSA) is 88.7 Å². The number of anilines is 2. The molecule has 1 aromatic heterocycles. The number of pyridine rings is 1. The summed E-state index contributed by atoms with van der Waals surface area (Å²) in [5.41, 5.74) is 6.50. The zero-order valence-electron chi connectivity index (χ0n) is 10.9. The van der Waals surface area contributed by atoms with Gasteiger partial charge in [-0.2, -0.15) is 0 Å². The van der Waals surface area contributed by atoms with Crippen LogP contribution in [-0.2, 0) is 4.74 Å². The van der Waals surface area contributed by atoms with Gasteiger partial charge in [0.05, 0.1) is 25.0 Å². The highest BCUT2D eigenvalue weighted by Gasteiger charge is 2.19. The van der Waals surface area contributed by atoms with Crippen LogP contribution in [0.5, 0.6) is 0 Å². The number of carbonyl (C=O) groups is 1. The number of hydrogen-bond donors (Lipinski definition) is 2. The van der Waals surface area contributed by atoms with Gasteiger partial charge in [0, 0.05) is 18.8 Å². The molecule has 6 nitrogen and oxygen atoms in total. The Balaban J connectivity index is 3.19. The van der Waals surface area contributed by atoms with Crippen molar-refractivity contribution in [1.29, 1.82) is 0 Å². The van der Waals surface area contributed by atoms with Crippen molar-refractivity contribution < 1.29 is 14.6 Å². The van der Waals surface area contributed by atoms with Gasteiger partial charge in [-0.15, -0.1) is 0 Å². The monoisotopic (exact) mass is 253 g/mol. The minimum atomic E-state index is -0.496. The Labute approximate surface area is 106 Å². The molecular formula is C12H19N3O3. The van der Waals surface area contributed by atoms with E-state index in [-0.39, 0.29) is 23.9 Å². The average Bonchev–Trinajstić information content (AvgIpc) is 2.35. The number of nitrogens with two attached hydrogens (primary N) is 1. The molecule has 0 aromatic carbocycles. The Hall–Kier alpha value is -1.82. The third kappa shape index (κ3) is 2.89. The SMILES string of the molecule is COC(=O)c1ccnc(N(CCO)C(C)C)c1N. The van der Waals surface area contributed by atoms with Crippen LogP contribution in [0.1, 0.15) is 24.2 Å². The van der Waals surface area contributed by atoms with Gasteiger partial charge < -0.3 is 20.5 Å². The fourth-order valence-electron chi connectivity index (χ4n) is 1.70. The molecule has 0 aliphatic carbocycles. The first kappa shape index (κ1) is 14.2. The van der Waals surface area contributed by atoms with Crippen molar-refractivity contribution in [2.75, 3.05) is 30.9 Å². The number of nitrogen functional groups attached to an aromatic ring is 1. The van der Waals surface area contributed by atoms with E-state index in [1.54, 1.807) is 0 Å². The third-order valence-corrected chi connectivity index (χ3v) is 2.61. The van der Waals surface area contributed by atoms with E-state index >= 15 is 0 Å². The standard InChI is InChI=1S/C12H19N3O3/c1-8(2)15(6-7-16)11-10(13)9(4-5-14-11)12(17)18-3/h4-5,8,16H,6-7,13H2,1-3H3. The first-order valence-electron chi connectivity index (χ1n) is 5.73. The number of aliphatic hydroxyl groups is 1. The van der Waals surface area contributed by atoms with Crippen molar-refractivity contribution in [1.82, 2.24) is 4.98 Å². The zero-order valence-corrected chi connectivity index (χ0v) is 10.9. The van der Waals surface area contributed by atoms with Crippen LogP contribution in [0.15, 0.2) is 12.3 Å². The van der Waals surface area contributed by atoms with Crippen molar-refractivity contribution in [2.45, 2.75) is 19.9 Å². The molecule has 0 unspecified atom stereocenters. The molecule has 0 radical (unpaired) electrons. The second-order valence-corrected chi connectivity index (χ2v) is 4.10. The molecule has 18 heavy (non-hydrogen) atoms. The lowest BCUT2D eigenvalue weighted by atomic mass is 10.2. The molecule has 1 rings (SSSR count). The number of nitrogens with zero attached hydrogens (tertiary/aromatic N) is 2. The predicted octanol–water partition coefficient (Wildman–Crippen LogP) is 0.657. The molecule has 0 aliphatic heterocycles. The number of hydrogen-bond acceptors (Lipinski definition) is 6. The summed E-state index contributed by atoms with van der Waals surface area (Å²) in [6, 6.07) is 1.63. The number of esters is 1. The van der Waals surface area contributed by atoms with Gasteiger partial charge in [-0.1, -0.05) is 0 Å². The van der Waals surface area contributed by atoms with Gasteiger partial charge in [0.1, 0.15) is 0 Å². The molecule has 0 amide bonds. The van der Waals surface area contributed by atoms with Crippen LogP contribution >= 0.6 is 0 Å². The second kappa shape index (κ2) is 6.20. The largest absolute Gasteiger partial charge is 0.465 e. The van der Waals surface area contributed by atoms with E-state index < -0.39 is 5.97 Å².